The van der Waals surface area contributed by atoms with Crippen molar-refractivity contribution in [3.05, 3.63) is 46.7 Å². The summed E-state index contributed by atoms with van der Waals surface area (Å²) >= 11 is 6.43. The summed E-state index contributed by atoms with van der Waals surface area (Å²) in [5.41, 5.74) is 2.48. The van der Waals surface area contributed by atoms with Crippen LogP contribution in [0.15, 0.2) is 30.3 Å². The van der Waals surface area contributed by atoms with Crippen LogP contribution in [0.2, 0.25) is 5.02 Å². The molecule has 1 aromatic carbocycles. The smallest absolute Gasteiger partial charge is 0.426 e. The molecule has 0 saturated carbocycles. The number of aromatic nitrogens is 2. The molecule has 0 unspecified atom stereocenters. The van der Waals surface area contributed by atoms with Gasteiger partial charge in [0.1, 0.15) is 0 Å². The minimum Gasteiger partial charge on any atom is -0.426 e. The zero-order valence-electron chi connectivity index (χ0n) is 20.9. The molecule has 38 heavy (non-hydrogen) atoms. The molecule has 0 atom stereocenters. The Morgan fingerprint density at radius 2 is 1.66 bits per heavy atom. The van der Waals surface area contributed by atoms with Crippen LogP contribution in [-0.2, 0) is 11.3 Å². The minimum atomic E-state index is -5.73. The average Bonchev–Trinajstić information content (AvgIpc) is 3.41. The van der Waals surface area contributed by atoms with Gasteiger partial charge in [0.2, 0.25) is 0 Å². The van der Waals surface area contributed by atoms with E-state index in [1.807, 2.05) is 22.9 Å². The summed E-state index contributed by atoms with van der Waals surface area (Å²) in [5.74, 6) is 0.209. The summed E-state index contributed by atoms with van der Waals surface area (Å²) in [7, 11) is 0. The van der Waals surface area contributed by atoms with E-state index in [1.54, 1.807) is 6.07 Å². The van der Waals surface area contributed by atoms with E-state index in [4.69, 9.17) is 16.7 Å². The SMILES string of the molecule is CC(C)c1cc(CN2CCC3(CCN(C(=O)OC(C(F)(F)F)C(F)(F)F)CC3)C2)n(-c2ccccc2Cl)n1. The van der Waals surface area contributed by atoms with Gasteiger partial charge in [0, 0.05) is 26.2 Å². The number of para-hydroxylation sites is 1. The van der Waals surface area contributed by atoms with Gasteiger partial charge in [0.15, 0.2) is 0 Å². The molecule has 13 heteroatoms. The molecule has 0 N–H and O–H groups in total. The van der Waals surface area contributed by atoms with E-state index in [0.29, 0.717) is 31.0 Å². The van der Waals surface area contributed by atoms with E-state index in [2.05, 4.69) is 29.6 Å². The number of halogens is 7. The van der Waals surface area contributed by atoms with Crippen LogP contribution in [0.25, 0.3) is 5.69 Å². The summed E-state index contributed by atoms with van der Waals surface area (Å²) in [6.45, 7) is 6.22. The molecule has 0 bridgehead atoms. The topological polar surface area (TPSA) is 50.6 Å². The molecule has 1 spiro atoms. The fourth-order valence-electron chi connectivity index (χ4n) is 5.13. The number of nitrogens with zero attached hydrogens (tertiary/aromatic N) is 4. The molecule has 2 aromatic rings. The van der Waals surface area contributed by atoms with Crippen molar-refractivity contribution in [1.82, 2.24) is 19.6 Å². The van der Waals surface area contributed by atoms with Gasteiger partial charge in [-0.25, -0.2) is 9.48 Å². The summed E-state index contributed by atoms with van der Waals surface area (Å²) in [4.78, 5) is 15.3. The van der Waals surface area contributed by atoms with Gasteiger partial charge in [-0.05, 0) is 55.3 Å². The summed E-state index contributed by atoms with van der Waals surface area (Å²) in [6.07, 6.45) is -15.5. The van der Waals surface area contributed by atoms with Gasteiger partial charge in [0.25, 0.3) is 6.10 Å². The first-order valence-electron chi connectivity index (χ1n) is 12.3. The number of hydrogen-bond acceptors (Lipinski definition) is 4. The molecule has 0 aliphatic carbocycles. The highest BCUT2D eigenvalue weighted by Gasteiger charge is 2.60. The quantitative estimate of drug-likeness (QED) is 0.384. The number of hydrogen-bond donors (Lipinski definition) is 0. The zero-order chi connectivity index (χ0) is 27.9. The van der Waals surface area contributed by atoms with E-state index in [1.165, 1.54) is 0 Å². The molecule has 0 radical (unpaired) electrons. The van der Waals surface area contributed by atoms with Crippen molar-refractivity contribution in [2.45, 2.75) is 64.0 Å². The lowest BCUT2D eigenvalue weighted by atomic mass is 9.78. The molecule has 1 aromatic heterocycles. The lowest BCUT2D eigenvalue weighted by molar-refractivity contribution is -0.308. The van der Waals surface area contributed by atoms with Crippen molar-refractivity contribution in [3.63, 3.8) is 0 Å². The number of rotatable bonds is 5. The zero-order valence-corrected chi connectivity index (χ0v) is 21.7. The number of ether oxygens (including phenoxy) is 1. The molecule has 4 rings (SSSR count). The lowest BCUT2D eigenvalue weighted by Gasteiger charge is -2.39. The van der Waals surface area contributed by atoms with E-state index in [-0.39, 0.29) is 24.4 Å². The van der Waals surface area contributed by atoms with Crippen molar-refractivity contribution >= 4 is 17.7 Å². The molecular weight excluding hydrogens is 538 g/mol. The number of alkyl halides is 6. The highest BCUT2D eigenvalue weighted by molar-refractivity contribution is 6.32. The second-order valence-electron chi connectivity index (χ2n) is 10.4. The van der Waals surface area contributed by atoms with Crippen molar-refractivity contribution in [1.29, 1.82) is 0 Å². The van der Waals surface area contributed by atoms with Crippen LogP contribution < -0.4 is 0 Å². The number of amides is 1. The van der Waals surface area contributed by atoms with Gasteiger partial charge in [-0.15, -0.1) is 0 Å². The van der Waals surface area contributed by atoms with Crippen LogP contribution in [0.5, 0.6) is 0 Å². The van der Waals surface area contributed by atoms with Crippen molar-refractivity contribution in [2.24, 2.45) is 5.41 Å². The predicted octanol–water partition coefficient (Wildman–Crippen LogP) is 6.57. The normalized spacial score (nSPS) is 18.7. The van der Waals surface area contributed by atoms with Gasteiger partial charge in [0.05, 0.1) is 22.1 Å². The van der Waals surface area contributed by atoms with Crippen LogP contribution in [-0.4, -0.2) is 70.3 Å². The average molecular weight is 567 g/mol. The number of piperidine rings is 1. The molecule has 6 nitrogen and oxygen atoms in total. The molecule has 3 heterocycles. The highest BCUT2D eigenvalue weighted by atomic mass is 35.5. The Morgan fingerprint density at radius 1 is 1.05 bits per heavy atom. The van der Waals surface area contributed by atoms with Crippen molar-refractivity contribution < 1.29 is 35.9 Å². The maximum Gasteiger partial charge on any atom is 0.434 e. The van der Waals surface area contributed by atoms with Gasteiger partial charge >= 0.3 is 18.4 Å². The Hall–Kier alpha value is -2.47. The van der Waals surface area contributed by atoms with Gasteiger partial charge in [-0.1, -0.05) is 37.6 Å². The minimum absolute atomic E-state index is 0.0319. The van der Waals surface area contributed by atoms with Crippen molar-refractivity contribution in [3.8, 4) is 5.69 Å². The van der Waals surface area contributed by atoms with Crippen LogP contribution in [0.4, 0.5) is 31.1 Å². The Bertz CT molecular complexity index is 1130. The van der Waals surface area contributed by atoms with Gasteiger partial charge < -0.3 is 9.64 Å². The molecular formula is C25H29ClF6N4O2. The van der Waals surface area contributed by atoms with Crippen LogP contribution in [0.1, 0.15) is 50.4 Å². The second kappa shape index (κ2) is 10.6. The third-order valence-corrected chi connectivity index (χ3v) is 7.59. The fourth-order valence-corrected chi connectivity index (χ4v) is 5.34. The molecule has 2 saturated heterocycles. The monoisotopic (exact) mass is 566 g/mol. The van der Waals surface area contributed by atoms with E-state index in [0.717, 1.165) is 34.9 Å². The Morgan fingerprint density at radius 3 is 2.24 bits per heavy atom. The van der Waals surface area contributed by atoms with Crippen LogP contribution in [0.3, 0.4) is 0 Å². The molecule has 2 aliphatic heterocycles. The van der Waals surface area contributed by atoms with Crippen molar-refractivity contribution in [2.75, 3.05) is 26.2 Å². The predicted molar refractivity (Wildman–Crippen MR) is 128 cm³/mol. The Kier molecular flexibility index (Phi) is 7.96. The first kappa shape index (κ1) is 28.5. The standard InChI is InChI=1S/C25H29ClF6N4O2/c1-16(2)19-13-17(36(33-19)20-6-4-3-5-18(20)26)14-34-10-7-23(15-34)8-11-35(12-9-23)22(37)38-21(24(27,28)29)25(30,31)32/h3-6,13,16,21H,7-12,14-15H2,1-2H3. The first-order valence-corrected chi connectivity index (χ1v) is 12.7. The summed E-state index contributed by atoms with van der Waals surface area (Å²) in [5, 5.41) is 5.33. The molecule has 1 amide bonds. The number of carbonyl (C=O) groups is 1. The molecule has 210 valence electrons. The maximum absolute atomic E-state index is 12.8. The van der Waals surface area contributed by atoms with Gasteiger partial charge in [-0.2, -0.15) is 31.4 Å². The number of likely N-dealkylation sites (tertiary alicyclic amines) is 2. The largest absolute Gasteiger partial charge is 0.434 e. The third-order valence-electron chi connectivity index (χ3n) is 7.27. The third kappa shape index (κ3) is 6.22. The number of carbonyl (C=O) groups excluding carboxylic acids is 1. The van der Waals surface area contributed by atoms with Gasteiger partial charge in [-0.3, -0.25) is 4.90 Å². The van der Waals surface area contributed by atoms with Crippen LogP contribution in [0, 0.1) is 5.41 Å². The number of benzene rings is 1. The lowest BCUT2D eigenvalue weighted by Crippen LogP contribution is -2.50. The Labute approximate surface area is 221 Å². The first-order chi connectivity index (χ1) is 17.7. The maximum atomic E-state index is 12.8. The van der Waals surface area contributed by atoms with Crippen LogP contribution >= 0.6 is 11.6 Å². The molecule has 2 aliphatic rings. The highest BCUT2D eigenvalue weighted by Crippen LogP contribution is 2.42. The van der Waals surface area contributed by atoms with E-state index in [9.17, 15) is 31.1 Å². The Balaban J connectivity index is 1.40. The summed E-state index contributed by atoms with van der Waals surface area (Å²) in [6, 6.07) is 9.47. The second-order valence-corrected chi connectivity index (χ2v) is 10.8. The van der Waals surface area contributed by atoms with E-state index < -0.39 is 24.5 Å². The molecule has 2 fully saturated rings. The fraction of sp³-hybridized carbons (Fsp3) is 0.600. The van der Waals surface area contributed by atoms with E-state index >= 15 is 0 Å². The summed E-state index contributed by atoms with van der Waals surface area (Å²) < 4.78 is 82.4.